The van der Waals surface area contributed by atoms with Gasteiger partial charge in [0.05, 0.1) is 11.3 Å². The largest absolute Gasteiger partial charge is 0.396 e. The van der Waals surface area contributed by atoms with Gasteiger partial charge in [0, 0.05) is 29.6 Å². The van der Waals surface area contributed by atoms with E-state index in [0.717, 1.165) is 16.7 Å². The van der Waals surface area contributed by atoms with Crippen molar-refractivity contribution in [1.29, 1.82) is 0 Å². The molecule has 2 heterocycles. The van der Waals surface area contributed by atoms with Gasteiger partial charge < -0.3 is 21.5 Å². The molecule has 1 aliphatic rings. The van der Waals surface area contributed by atoms with E-state index in [-0.39, 0.29) is 17.3 Å². The smallest absolute Gasteiger partial charge is 0.271 e. The Kier molecular flexibility index (Phi) is 4.66. The second-order valence-electron chi connectivity index (χ2n) is 8.19. The summed E-state index contributed by atoms with van der Waals surface area (Å²) in [5.41, 5.74) is 14.5. The van der Waals surface area contributed by atoms with E-state index in [1.807, 2.05) is 30.3 Å². The van der Waals surface area contributed by atoms with Crippen LogP contribution in [0.3, 0.4) is 0 Å². The number of nitrogens with zero attached hydrogens (tertiary/aromatic N) is 3. The molecule has 2 amide bonds. The second kappa shape index (κ2) is 7.07. The number of fused-ring (bicyclic) bond motifs is 2. The number of aromatic nitrogens is 2. The monoisotopic (exact) mass is 405 g/mol. The Morgan fingerprint density at radius 3 is 2.67 bits per heavy atom. The lowest BCUT2D eigenvalue weighted by atomic mass is 9.98. The van der Waals surface area contributed by atoms with Gasteiger partial charge in [0.2, 0.25) is 0 Å². The van der Waals surface area contributed by atoms with Crippen molar-refractivity contribution in [3.8, 4) is 11.1 Å². The minimum Gasteiger partial charge on any atom is -0.396 e. The number of aliphatic hydroxyl groups is 1. The highest BCUT2D eigenvalue weighted by atomic mass is 16.3. The fraction of sp³-hybridized carbons (Fsp3) is 0.273. The predicted octanol–water partition coefficient (Wildman–Crippen LogP) is 2.09. The SMILES string of the molecule is CC(C)(O)CCN1Cc2cc(-c3cccc4c(N)c(C(N)=O)nnc34)ccc2C1=O. The van der Waals surface area contributed by atoms with Gasteiger partial charge in [-0.3, -0.25) is 9.59 Å². The van der Waals surface area contributed by atoms with Gasteiger partial charge in [-0.05, 0) is 43.5 Å². The van der Waals surface area contributed by atoms with Gasteiger partial charge in [-0.1, -0.05) is 24.3 Å². The first-order valence-corrected chi connectivity index (χ1v) is 9.65. The summed E-state index contributed by atoms with van der Waals surface area (Å²) in [6, 6.07) is 11.1. The maximum Gasteiger partial charge on any atom is 0.271 e. The Balaban J connectivity index is 1.71. The number of nitrogen functional groups attached to an aromatic ring is 1. The van der Waals surface area contributed by atoms with E-state index in [4.69, 9.17) is 11.5 Å². The lowest BCUT2D eigenvalue weighted by molar-refractivity contribution is 0.0517. The van der Waals surface area contributed by atoms with Crippen molar-refractivity contribution in [1.82, 2.24) is 15.1 Å². The highest BCUT2D eigenvalue weighted by Crippen LogP contribution is 2.33. The molecule has 0 bridgehead atoms. The molecule has 0 atom stereocenters. The highest BCUT2D eigenvalue weighted by Gasteiger charge is 2.29. The maximum atomic E-state index is 12.7. The molecule has 0 aliphatic carbocycles. The molecule has 0 fully saturated rings. The number of amides is 2. The Morgan fingerprint density at radius 1 is 1.20 bits per heavy atom. The lowest BCUT2D eigenvalue weighted by Crippen LogP contribution is -2.31. The Morgan fingerprint density at radius 2 is 1.97 bits per heavy atom. The molecule has 8 heteroatoms. The molecule has 154 valence electrons. The molecule has 2 aromatic carbocycles. The standard InChI is InChI=1S/C22H23N5O3/c1-22(2,30)8-9-27-11-13-10-12(6-7-15(13)21(27)29)14-4-3-5-16-17(23)19(20(24)28)26-25-18(14)16/h3-7,10,30H,8-9,11H2,1-2H3,(H2,23,25)(H2,24,28). The van der Waals surface area contributed by atoms with Crippen LogP contribution < -0.4 is 11.5 Å². The van der Waals surface area contributed by atoms with Crippen LogP contribution in [0.25, 0.3) is 22.0 Å². The molecule has 30 heavy (non-hydrogen) atoms. The van der Waals surface area contributed by atoms with Gasteiger partial charge >= 0.3 is 0 Å². The van der Waals surface area contributed by atoms with Crippen molar-refractivity contribution in [3.05, 3.63) is 53.2 Å². The number of hydrogen-bond donors (Lipinski definition) is 3. The number of carbonyl (C=O) groups excluding carboxylic acids is 2. The van der Waals surface area contributed by atoms with Crippen LogP contribution in [-0.2, 0) is 6.54 Å². The first-order valence-electron chi connectivity index (χ1n) is 9.65. The summed E-state index contributed by atoms with van der Waals surface area (Å²) in [5.74, 6) is -0.761. The molecule has 0 saturated heterocycles. The van der Waals surface area contributed by atoms with Crippen molar-refractivity contribution >= 4 is 28.4 Å². The molecular weight excluding hydrogens is 382 g/mol. The number of rotatable bonds is 5. The van der Waals surface area contributed by atoms with E-state index < -0.39 is 11.5 Å². The summed E-state index contributed by atoms with van der Waals surface area (Å²) in [6.45, 7) is 4.44. The van der Waals surface area contributed by atoms with Gasteiger partial charge in [0.15, 0.2) is 5.69 Å². The normalized spacial score (nSPS) is 13.7. The van der Waals surface area contributed by atoms with Crippen molar-refractivity contribution in [3.63, 3.8) is 0 Å². The molecule has 1 aromatic heterocycles. The molecule has 0 unspecified atom stereocenters. The van der Waals surface area contributed by atoms with Gasteiger partial charge in [-0.2, -0.15) is 0 Å². The van der Waals surface area contributed by atoms with E-state index in [1.54, 1.807) is 24.8 Å². The minimum atomic E-state index is -0.828. The van der Waals surface area contributed by atoms with Gasteiger partial charge in [0.1, 0.15) is 5.52 Å². The van der Waals surface area contributed by atoms with E-state index >= 15 is 0 Å². The predicted molar refractivity (Wildman–Crippen MR) is 114 cm³/mol. The zero-order chi connectivity index (χ0) is 21.6. The molecule has 8 nitrogen and oxygen atoms in total. The Bertz CT molecular complexity index is 1180. The summed E-state index contributed by atoms with van der Waals surface area (Å²) >= 11 is 0. The first kappa shape index (κ1) is 19.8. The van der Waals surface area contributed by atoms with Crippen molar-refractivity contribution < 1.29 is 14.7 Å². The first-order chi connectivity index (χ1) is 14.2. The van der Waals surface area contributed by atoms with Crippen molar-refractivity contribution in [2.24, 2.45) is 5.73 Å². The highest BCUT2D eigenvalue weighted by molar-refractivity contribution is 6.07. The molecular formula is C22H23N5O3. The quantitative estimate of drug-likeness (QED) is 0.595. The van der Waals surface area contributed by atoms with E-state index in [1.165, 1.54) is 0 Å². The second-order valence-corrected chi connectivity index (χ2v) is 8.19. The average Bonchev–Trinajstić information content (AvgIpc) is 3.01. The van der Waals surface area contributed by atoms with Crippen LogP contribution in [0.15, 0.2) is 36.4 Å². The summed E-state index contributed by atoms with van der Waals surface area (Å²) in [5, 5.41) is 18.6. The van der Waals surface area contributed by atoms with E-state index in [0.29, 0.717) is 36.0 Å². The summed E-state index contributed by atoms with van der Waals surface area (Å²) in [7, 11) is 0. The molecule has 5 N–H and O–H groups in total. The third-order valence-electron chi connectivity index (χ3n) is 5.35. The third kappa shape index (κ3) is 3.46. The number of benzene rings is 2. The maximum absolute atomic E-state index is 12.7. The topological polar surface area (TPSA) is 135 Å². The molecule has 0 radical (unpaired) electrons. The van der Waals surface area contributed by atoms with Crippen LogP contribution in [0.4, 0.5) is 5.69 Å². The molecule has 4 rings (SSSR count). The van der Waals surface area contributed by atoms with E-state index in [9.17, 15) is 14.7 Å². The van der Waals surface area contributed by atoms with Crippen LogP contribution in [0.2, 0.25) is 0 Å². The number of hydrogen-bond acceptors (Lipinski definition) is 6. The Labute approximate surface area is 173 Å². The molecule has 1 aliphatic heterocycles. The van der Waals surface area contributed by atoms with Crippen LogP contribution >= 0.6 is 0 Å². The van der Waals surface area contributed by atoms with E-state index in [2.05, 4.69) is 10.2 Å². The van der Waals surface area contributed by atoms with Crippen molar-refractivity contribution in [2.75, 3.05) is 12.3 Å². The zero-order valence-electron chi connectivity index (χ0n) is 16.8. The lowest BCUT2D eigenvalue weighted by Gasteiger charge is -2.22. The fourth-order valence-corrected chi connectivity index (χ4v) is 3.70. The molecule has 3 aromatic rings. The number of anilines is 1. The fourth-order valence-electron chi connectivity index (χ4n) is 3.70. The average molecular weight is 405 g/mol. The third-order valence-corrected chi connectivity index (χ3v) is 5.35. The summed E-state index contributed by atoms with van der Waals surface area (Å²) < 4.78 is 0. The number of primary amides is 1. The zero-order valence-corrected chi connectivity index (χ0v) is 16.8. The number of carbonyl (C=O) groups is 2. The van der Waals surface area contributed by atoms with Gasteiger partial charge in [-0.25, -0.2) is 0 Å². The Hall–Kier alpha value is -3.52. The molecule has 0 spiro atoms. The van der Waals surface area contributed by atoms with Crippen LogP contribution in [0, 0.1) is 0 Å². The molecule has 0 saturated carbocycles. The summed E-state index contributed by atoms with van der Waals surface area (Å²) in [4.78, 5) is 25.9. The van der Waals surface area contributed by atoms with Crippen LogP contribution in [-0.4, -0.2) is 44.2 Å². The minimum absolute atomic E-state index is 0.0335. The van der Waals surface area contributed by atoms with Crippen LogP contribution in [0.1, 0.15) is 46.7 Å². The van der Waals surface area contributed by atoms with Crippen LogP contribution in [0.5, 0.6) is 0 Å². The van der Waals surface area contributed by atoms with Gasteiger partial charge in [-0.15, -0.1) is 10.2 Å². The van der Waals surface area contributed by atoms with Crippen molar-refractivity contribution in [2.45, 2.75) is 32.4 Å². The van der Waals surface area contributed by atoms with Gasteiger partial charge in [0.25, 0.3) is 11.8 Å². The summed E-state index contributed by atoms with van der Waals surface area (Å²) in [6.07, 6.45) is 0.500. The number of nitrogens with two attached hydrogens (primary N) is 2.